The molecule has 1 amide bonds. The predicted molar refractivity (Wildman–Crippen MR) is 145 cm³/mol. The highest BCUT2D eigenvalue weighted by molar-refractivity contribution is 6.25. The zero-order valence-electron chi connectivity index (χ0n) is 24.0. The van der Waals surface area contributed by atoms with Crippen LogP contribution in [0.4, 0.5) is 18.9 Å². The number of hydrogen-bond acceptors (Lipinski definition) is 10. The van der Waals surface area contributed by atoms with Gasteiger partial charge in [0.1, 0.15) is 17.4 Å². The summed E-state index contributed by atoms with van der Waals surface area (Å²) in [4.78, 5) is 42.8. The number of alkyl halides is 3. The van der Waals surface area contributed by atoms with E-state index in [0.717, 1.165) is 0 Å². The molecule has 3 unspecified atom stereocenters. The number of nitrogens with zero attached hydrogens (tertiary/aromatic N) is 2. The summed E-state index contributed by atoms with van der Waals surface area (Å²) in [6.07, 6.45) is -7.01. The molecule has 0 aliphatic heterocycles. The van der Waals surface area contributed by atoms with Gasteiger partial charge in [0.15, 0.2) is 11.4 Å². The van der Waals surface area contributed by atoms with Crippen LogP contribution >= 0.6 is 0 Å². The number of ketones is 2. The van der Waals surface area contributed by atoms with Gasteiger partial charge in [0.2, 0.25) is 11.7 Å². The number of phenols is 1. The van der Waals surface area contributed by atoms with Gasteiger partial charge in [-0.15, -0.1) is 0 Å². The first-order chi connectivity index (χ1) is 19.3. The first kappa shape index (κ1) is 31.7. The first-order valence-corrected chi connectivity index (χ1v) is 13.6. The Bertz CT molecular complexity index is 1350. The monoisotopic (exact) mass is 598 g/mol. The van der Waals surface area contributed by atoms with Gasteiger partial charge in [-0.25, -0.2) is 0 Å². The van der Waals surface area contributed by atoms with Crippen LogP contribution in [0.25, 0.3) is 5.76 Å². The molecule has 232 valence electrons. The van der Waals surface area contributed by atoms with Crippen LogP contribution in [0, 0.1) is 17.8 Å². The molecule has 0 saturated heterocycles. The Hall–Kier alpha value is -3.20. The molecule has 2 fully saturated rings. The van der Waals surface area contributed by atoms with Crippen LogP contribution in [0.3, 0.4) is 0 Å². The number of Topliss-reactive ketones (excluding diaryl/α,β-unsaturated/α-hetero) is 2. The number of amides is 1. The number of carbonyl (C=O) groups excluding carboxylic acids is 3. The standard InChI is InChI=1S/C28H37F3N4O7/c1-11(9-27(29,30)31)33-10-13-8-16(34(2)3)14-6-12-7-15-20(35(4)5)23(38)19(26(32)41)25(40)28(15,42)24(39)17(12)22(37)18(14)21(13)36/h8,11-12,15,19-20,23,33,36-38,42H,6-7,9-10H2,1-5H3,(H2,32,41)/t11?,12-,15-,19?,20-,23?,28-/m1/s1. The van der Waals surface area contributed by atoms with Crippen molar-refractivity contribution in [2.45, 2.75) is 62.7 Å². The number of halogens is 3. The highest BCUT2D eigenvalue weighted by atomic mass is 19.4. The van der Waals surface area contributed by atoms with Crippen LogP contribution in [0.2, 0.25) is 0 Å². The van der Waals surface area contributed by atoms with Crippen LogP contribution in [0.1, 0.15) is 36.5 Å². The van der Waals surface area contributed by atoms with E-state index in [2.05, 4.69) is 5.32 Å². The number of hydrogen-bond donors (Lipinski definition) is 6. The maximum atomic E-state index is 14.0. The zero-order valence-corrected chi connectivity index (χ0v) is 24.0. The van der Waals surface area contributed by atoms with E-state index in [9.17, 15) is 48.0 Å². The fourth-order valence-corrected chi connectivity index (χ4v) is 6.94. The van der Waals surface area contributed by atoms with Crippen molar-refractivity contribution in [2.24, 2.45) is 23.5 Å². The normalized spacial score (nSPS) is 30.1. The molecule has 0 bridgehead atoms. The largest absolute Gasteiger partial charge is 0.507 e. The molecule has 2 saturated carbocycles. The molecular weight excluding hydrogens is 561 g/mol. The summed E-state index contributed by atoms with van der Waals surface area (Å²) >= 11 is 0. The van der Waals surface area contributed by atoms with Crippen molar-refractivity contribution >= 4 is 28.9 Å². The van der Waals surface area contributed by atoms with E-state index in [1.165, 1.54) is 11.8 Å². The number of phenolic OH excluding ortho intramolecular Hbond substituents is 1. The van der Waals surface area contributed by atoms with Crippen molar-refractivity contribution in [3.8, 4) is 5.75 Å². The average molecular weight is 599 g/mol. The number of aliphatic hydroxyl groups is 3. The SMILES string of the molecule is CC(CC(F)(F)F)NCc1cc(N(C)C)c2c(c1O)C(O)=C1C(=O)[C@@]3(O)C(=O)C(C(N)=O)C(O)[C@H](N(C)C)[C@H]3C[C@H]1C2. The van der Waals surface area contributed by atoms with E-state index in [1.54, 1.807) is 39.2 Å². The third-order valence-corrected chi connectivity index (χ3v) is 8.80. The highest BCUT2D eigenvalue weighted by Gasteiger charge is 2.67. The second kappa shape index (κ2) is 10.8. The van der Waals surface area contributed by atoms with E-state index in [0.29, 0.717) is 11.3 Å². The summed E-state index contributed by atoms with van der Waals surface area (Å²) in [7, 11) is 6.55. The Balaban J connectivity index is 1.84. The molecule has 0 heterocycles. The van der Waals surface area contributed by atoms with Gasteiger partial charge >= 0.3 is 6.18 Å². The molecular formula is C28H37F3N4O7. The third kappa shape index (κ3) is 5.03. The Kier molecular flexibility index (Phi) is 8.17. The van der Waals surface area contributed by atoms with E-state index in [4.69, 9.17) is 5.73 Å². The number of carbonyl (C=O) groups is 3. The number of aliphatic hydroxyl groups excluding tert-OH is 2. The second-order valence-electron chi connectivity index (χ2n) is 12.0. The Morgan fingerprint density at radius 3 is 2.36 bits per heavy atom. The van der Waals surface area contributed by atoms with Gasteiger partial charge in [-0.2, -0.15) is 13.2 Å². The minimum Gasteiger partial charge on any atom is -0.507 e. The number of nitrogens with one attached hydrogen (secondary N) is 1. The second-order valence-corrected chi connectivity index (χ2v) is 12.0. The van der Waals surface area contributed by atoms with Crippen molar-refractivity contribution in [3.63, 3.8) is 0 Å². The molecule has 1 aromatic carbocycles. The van der Waals surface area contributed by atoms with Gasteiger partial charge in [0.05, 0.1) is 18.1 Å². The van der Waals surface area contributed by atoms with Crippen LogP contribution in [-0.2, 0) is 27.3 Å². The number of benzene rings is 1. The smallest absolute Gasteiger partial charge is 0.390 e. The highest BCUT2D eigenvalue weighted by Crippen LogP contribution is 2.53. The number of aromatic hydroxyl groups is 1. The average Bonchev–Trinajstić information content (AvgIpc) is 2.84. The molecule has 0 aromatic heterocycles. The molecule has 4 rings (SSSR count). The summed E-state index contributed by atoms with van der Waals surface area (Å²) in [5, 5.41) is 48.1. The minimum absolute atomic E-state index is 0.0237. The van der Waals surface area contributed by atoms with Gasteiger partial charge in [-0.05, 0) is 51.4 Å². The van der Waals surface area contributed by atoms with Crippen molar-refractivity contribution in [3.05, 3.63) is 28.3 Å². The lowest BCUT2D eigenvalue weighted by atomic mass is 9.54. The van der Waals surface area contributed by atoms with Crippen LogP contribution < -0.4 is 16.0 Å². The number of primary amides is 1. The Morgan fingerprint density at radius 2 is 1.83 bits per heavy atom. The zero-order chi connectivity index (χ0) is 31.6. The molecule has 11 nitrogen and oxygen atoms in total. The van der Waals surface area contributed by atoms with Crippen molar-refractivity contribution in [1.29, 1.82) is 0 Å². The summed E-state index contributed by atoms with van der Waals surface area (Å²) in [6, 6.07) is -0.399. The summed E-state index contributed by atoms with van der Waals surface area (Å²) in [5.74, 6) is -8.47. The summed E-state index contributed by atoms with van der Waals surface area (Å²) in [5.41, 5.74) is 3.36. The lowest BCUT2D eigenvalue weighted by Crippen LogP contribution is -2.73. The Morgan fingerprint density at radius 1 is 1.21 bits per heavy atom. The van der Waals surface area contributed by atoms with Crippen LogP contribution in [0.5, 0.6) is 5.75 Å². The molecule has 0 spiro atoms. The number of likely N-dealkylation sites (N-methyl/N-ethyl adjacent to an activating group) is 1. The van der Waals surface area contributed by atoms with Gasteiger partial charge in [-0.3, -0.25) is 14.4 Å². The number of anilines is 1. The molecule has 42 heavy (non-hydrogen) atoms. The predicted octanol–water partition coefficient (Wildman–Crippen LogP) is 0.626. The van der Waals surface area contributed by atoms with E-state index < -0.39 is 83.1 Å². The summed E-state index contributed by atoms with van der Waals surface area (Å²) < 4.78 is 38.5. The number of fused-ring (bicyclic) bond motifs is 3. The van der Waals surface area contributed by atoms with Gasteiger partial charge in [0.25, 0.3) is 0 Å². The van der Waals surface area contributed by atoms with E-state index >= 15 is 0 Å². The van der Waals surface area contributed by atoms with Crippen molar-refractivity contribution in [1.82, 2.24) is 10.2 Å². The topological polar surface area (TPSA) is 177 Å². The maximum absolute atomic E-state index is 14.0. The van der Waals surface area contributed by atoms with Crippen molar-refractivity contribution in [2.75, 3.05) is 33.1 Å². The Labute approximate surface area is 240 Å². The first-order valence-electron chi connectivity index (χ1n) is 13.6. The van der Waals surface area contributed by atoms with Crippen LogP contribution in [0.15, 0.2) is 11.6 Å². The number of nitrogens with two attached hydrogens (primary N) is 1. The van der Waals surface area contributed by atoms with Gasteiger partial charge < -0.3 is 41.3 Å². The van der Waals surface area contributed by atoms with E-state index in [1.807, 2.05) is 0 Å². The number of rotatable bonds is 7. The quantitative estimate of drug-likeness (QED) is 0.244. The molecule has 7 N–H and O–H groups in total. The third-order valence-electron chi connectivity index (χ3n) is 8.80. The molecule has 14 heteroatoms. The fraction of sp³-hybridized carbons (Fsp3) is 0.607. The minimum atomic E-state index is -4.40. The fourth-order valence-electron chi connectivity index (χ4n) is 6.94. The molecule has 3 aliphatic carbocycles. The van der Waals surface area contributed by atoms with E-state index in [-0.39, 0.29) is 36.1 Å². The maximum Gasteiger partial charge on any atom is 0.390 e. The molecule has 3 aliphatic rings. The lowest BCUT2D eigenvalue weighted by Gasteiger charge is -2.53. The molecule has 7 atom stereocenters. The van der Waals surface area contributed by atoms with Crippen LogP contribution in [-0.4, -0.2) is 101 Å². The van der Waals surface area contributed by atoms with Gasteiger partial charge in [-0.1, -0.05) is 0 Å². The summed E-state index contributed by atoms with van der Waals surface area (Å²) in [6.45, 7) is 1.15. The molecule has 0 radical (unpaired) electrons. The molecule has 1 aromatic rings. The van der Waals surface area contributed by atoms with Crippen molar-refractivity contribution < 1.29 is 48.0 Å². The lowest BCUT2D eigenvalue weighted by molar-refractivity contribution is -0.184. The van der Waals surface area contributed by atoms with Gasteiger partial charge in [0, 0.05) is 55.5 Å².